The maximum Gasteiger partial charge on any atom is 0.339 e. The molecule has 3 N–H and O–H groups in total. The van der Waals surface area contributed by atoms with Crippen molar-refractivity contribution in [2.45, 2.75) is 6.54 Å². The minimum absolute atomic E-state index is 0.400. The van der Waals surface area contributed by atoms with Gasteiger partial charge in [0.15, 0.2) is 0 Å². The molecule has 2 aromatic rings. The molecule has 2 rings (SSSR count). The molecule has 0 bridgehead atoms. The number of anilines is 1. The Kier molecular flexibility index (Phi) is 4.50. The summed E-state index contributed by atoms with van der Waals surface area (Å²) in [6.45, 7) is 0.462. The summed E-state index contributed by atoms with van der Waals surface area (Å²) in [6.07, 6.45) is 1.46. The van der Waals surface area contributed by atoms with Crippen LogP contribution >= 0.6 is 0 Å². The molecule has 0 aliphatic rings. The number of hydrogen-bond donors (Lipinski definition) is 2. The quantitative estimate of drug-likeness (QED) is 0.813. The number of pyridine rings is 1. The number of benzene rings is 1. The maximum absolute atomic E-state index is 11.3. The largest absolute Gasteiger partial charge is 0.465 e. The lowest BCUT2D eigenvalue weighted by Gasteiger charge is -2.07. The highest BCUT2D eigenvalue weighted by Gasteiger charge is 2.05. The van der Waals surface area contributed by atoms with E-state index in [0.29, 0.717) is 17.7 Å². The lowest BCUT2D eigenvalue weighted by Crippen LogP contribution is -2.11. The van der Waals surface area contributed by atoms with Gasteiger partial charge in [0, 0.05) is 17.4 Å². The van der Waals surface area contributed by atoms with Gasteiger partial charge in [0.1, 0.15) is 0 Å². The molecule has 6 heteroatoms. The number of methoxy groups -OCH3 is 1. The molecule has 1 aromatic heterocycles. The Balaban J connectivity index is 2.01. The van der Waals surface area contributed by atoms with Crippen LogP contribution in [-0.2, 0) is 11.3 Å². The molecule has 1 aromatic carbocycles. The summed E-state index contributed by atoms with van der Waals surface area (Å²) in [6, 6.07) is 10.3. The second kappa shape index (κ2) is 6.51. The third kappa shape index (κ3) is 3.79. The zero-order valence-corrected chi connectivity index (χ0v) is 11.5. The summed E-state index contributed by atoms with van der Waals surface area (Å²) in [4.78, 5) is 26.5. The van der Waals surface area contributed by atoms with Crippen LogP contribution in [-0.4, -0.2) is 24.0 Å². The summed E-state index contributed by atoms with van der Waals surface area (Å²) in [5.74, 6) is -0.893. The fourth-order valence-electron chi connectivity index (χ4n) is 1.74. The molecule has 0 spiro atoms. The Hall–Kier alpha value is -2.89. The number of primary amides is 1. The lowest BCUT2D eigenvalue weighted by molar-refractivity contribution is 0.0600. The van der Waals surface area contributed by atoms with Crippen molar-refractivity contribution < 1.29 is 14.3 Å². The van der Waals surface area contributed by atoms with Gasteiger partial charge < -0.3 is 15.8 Å². The number of ether oxygens (including phenoxy) is 1. The first kappa shape index (κ1) is 14.5. The van der Waals surface area contributed by atoms with Gasteiger partial charge in [-0.2, -0.15) is 0 Å². The van der Waals surface area contributed by atoms with Crippen molar-refractivity contribution in [2.75, 3.05) is 12.4 Å². The van der Waals surface area contributed by atoms with Gasteiger partial charge in [-0.25, -0.2) is 4.79 Å². The molecule has 108 valence electrons. The molecule has 0 unspecified atom stereocenters. The highest BCUT2D eigenvalue weighted by atomic mass is 16.5. The number of hydrogen-bond acceptors (Lipinski definition) is 5. The van der Waals surface area contributed by atoms with Crippen molar-refractivity contribution in [1.29, 1.82) is 0 Å². The van der Waals surface area contributed by atoms with Crippen LogP contribution in [0, 0.1) is 0 Å². The summed E-state index contributed by atoms with van der Waals surface area (Å²) >= 11 is 0. The smallest absolute Gasteiger partial charge is 0.339 e. The van der Waals surface area contributed by atoms with Crippen LogP contribution in [0.5, 0.6) is 0 Å². The third-order valence-electron chi connectivity index (χ3n) is 2.87. The molecule has 21 heavy (non-hydrogen) atoms. The number of aromatic nitrogens is 1. The summed E-state index contributed by atoms with van der Waals surface area (Å²) in [7, 11) is 1.32. The standard InChI is InChI=1S/C15H15N3O3/c1-21-15(20)11-5-6-13(17-8-11)9-18-12-4-2-3-10(7-12)14(16)19/h2-8,18H,9H2,1H3,(H2,16,19). The van der Waals surface area contributed by atoms with Crippen molar-refractivity contribution in [1.82, 2.24) is 4.98 Å². The summed E-state index contributed by atoms with van der Waals surface area (Å²) in [5.41, 5.74) is 7.59. The van der Waals surface area contributed by atoms with Gasteiger partial charge in [-0.05, 0) is 30.3 Å². The van der Waals surface area contributed by atoms with Gasteiger partial charge in [0.2, 0.25) is 5.91 Å². The van der Waals surface area contributed by atoms with Crippen molar-refractivity contribution in [2.24, 2.45) is 5.73 Å². The van der Waals surface area contributed by atoms with E-state index in [9.17, 15) is 9.59 Å². The van der Waals surface area contributed by atoms with E-state index in [1.54, 1.807) is 30.3 Å². The Morgan fingerprint density at radius 1 is 1.24 bits per heavy atom. The molecule has 0 aliphatic heterocycles. The summed E-state index contributed by atoms with van der Waals surface area (Å²) < 4.78 is 4.60. The van der Waals surface area contributed by atoms with Gasteiger partial charge >= 0.3 is 5.97 Å². The second-order valence-electron chi connectivity index (χ2n) is 4.33. The zero-order chi connectivity index (χ0) is 15.2. The molecule has 1 amide bonds. The minimum Gasteiger partial charge on any atom is -0.465 e. The van der Waals surface area contributed by atoms with E-state index in [4.69, 9.17) is 5.73 Å². The maximum atomic E-state index is 11.3. The zero-order valence-electron chi connectivity index (χ0n) is 11.5. The SMILES string of the molecule is COC(=O)c1ccc(CNc2cccc(C(N)=O)c2)nc1. The van der Waals surface area contributed by atoms with Crippen molar-refractivity contribution in [3.8, 4) is 0 Å². The van der Waals surface area contributed by atoms with E-state index in [1.165, 1.54) is 13.3 Å². The molecule has 0 radical (unpaired) electrons. The highest BCUT2D eigenvalue weighted by molar-refractivity contribution is 5.93. The summed E-state index contributed by atoms with van der Waals surface area (Å²) in [5, 5.41) is 3.13. The number of carbonyl (C=O) groups is 2. The fraction of sp³-hybridized carbons (Fsp3) is 0.133. The molecular formula is C15H15N3O3. The van der Waals surface area contributed by atoms with Crippen LogP contribution in [0.3, 0.4) is 0 Å². The predicted octanol–water partition coefficient (Wildman–Crippen LogP) is 1.58. The first-order valence-corrected chi connectivity index (χ1v) is 6.27. The number of nitrogens with one attached hydrogen (secondary N) is 1. The molecule has 1 heterocycles. The minimum atomic E-state index is -0.473. The first-order chi connectivity index (χ1) is 10.1. The average molecular weight is 285 g/mol. The molecule has 0 saturated heterocycles. The molecule has 0 saturated carbocycles. The van der Waals surface area contributed by atoms with E-state index < -0.39 is 11.9 Å². The van der Waals surface area contributed by atoms with Crippen LogP contribution in [0.15, 0.2) is 42.6 Å². The number of rotatable bonds is 5. The van der Waals surface area contributed by atoms with Gasteiger partial charge in [0.25, 0.3) is 0 Å². The number of nitrogens with two attached hydrogens (primary N) is 1. The Morgan fingerprint density at radius 3 is 2.67 bits per heavy atom. The Labute approximate surface area is 121 Å². The van der Waals surface area contributed by atoms with Crippen molar-refractivity contribution >= 4 is 17.6 Å². The van der Waals surface area contributed by atoms with E-state index in [-0.39, 0.29) is 0 Å². The third-order valence-corrected chi connectivity index (χ3v) is 2.87. The van der Waals surface area contributed by atoms with Gasteiger partial charge in [-0.3, -0.25) is 9.78 Å². The molecule has 0 atom stereocenters. The Morgan fingerprint density at radius 2 is 2.05 bits per heavy atom. The number of carbonyl (C=O) groups excluding carboxylic acids is 2. The van der Waals surface area contributed by atoms with Crippen LogP contribution in [0.2, 0.25) is 0 Å². The molecule has 6 nitrogen and oxygen atoms in total. The topological polar surface area (TPSA) is 94.3 Å². The molecule has 0 aliphatic carbocycles. The van der Waals surface area contributed by atoms with E-state index in [2.05, 4.69) is 15.0 Å². The van der Waals surface area contributed by atoms with Crippen molar-refractivity contribution in [3.05, 3.63) is 59.4 Å². The Bertz CT molecular complexity index is 653. The van der Waals surface area contributed by atoms with Gasteiger partial charge in [-0.15, -0.1) is 0 Å². The first-order valence-electron chi connectivity index (χ1n) is 6.27. The average Bonchev–Trinajstić information content (AvgIpc) is 2.53. The van der Waals surface area contributed by atoms with Crippen LogP contribution in [0.1, 0.15) is 26.4 Å². The number of esters is 1. The fourth-order valence-corrected chi connectivity index (χ4v) is 1.74. The second-order valence-corrected chi connectivity index (χ2v) is 4.33. The number of nitrogens with zero attached hydrogens (tertiary/aromatic N) is 1. The van der Waals surface area contributed by atoms with Gasteiger partial charge in [0.05, 0.1) is 24.9 Å². The monoisotopic (exact) mass is 285 g/mol. The van der Waals surface area contributed by atoms with E-state index >= 15 is 0 Å². The molecular weight excluding hydrogens is 270 g/mol. The van der Waals surface area contributed by atoms with Crippen LogP contribution in [0.25, 0.3) is 0 Å². The van der Waals surface area contributed by atoms with Gasteiger partial charge in [-0.1, -0.05) is 6.07 Å². The van der Waals surface area contributed by atoms with E-state index in [1.807, 2.05) is 6.07 Å². The highest BCUT2D eigenvalue weighted by Crippen LogP contribution is 2.11. The number of amides is 1. The van der Waals surface area contributed by atoms with Crippen LogP contribution < -0.4 is 11.1 Å². The van der Waals surface area contributed by atoms with E-state index in [0.717, 1.165) is 11.4 Å². The molecule has 0 fully saturated rings. The van der Waals surface area contributed by atoms with Crippen LogP contribution in [0.4, 0.5) is 5.69 Å². The normalized spacial score (nSPS) is 9.95. The predicted molar refractivity (Wildman–Crippen MR) is 77.9 cm³/mol. The lowest BCUT2D eigenvalue weighted by atomic mass is 10.2. The van der Waals surface area contributed by atoms with Crippen molar-refractivity contribution in [3.63, 3.8) is 0 Å².